The van der Waals surface area contributed by atoms with Crippen LogP contribution in [-0.4, -0.2) is 34.0 Å². The molecule has 1 amide bonds. The van der Waals surface area contributed by atoms with E-state index in [4.69, 9.17) is 4.74 Å². The summed E-state index contributed by atoms with van der Waals surface area (Å²) in [5.74, 6) is 0.305. The van der Waals surface area contributed by atoms with Crippen LogP contribution in [0.3, 0.4) is 0 Å². The summed E-state index contributed by atoms with van der Waals surface area (Å²) in [6, 6.07) is 20.1. The molecule has 1 N–H and O–H groups in total. The van der Waals surface area contributed by atoms with E-state index in [2.05, 4.69) is 17.4 Å². The number of ether oxygens (including phenoxy) is 1. The Balaban J connectivity index is 1.47. The fraction of sp³-hybridized carbons (Fsp3) is 0.261. The van der Waals surface area contributed by atoms with Crippen molar-refractivity contribution in [1.82, 2.24) is 5.32 Å². The number of sulfonamides is 1. The predicted octanol–water partition coefficient (Wildman–Crippen LogP) is 4.09. The van der Waals surface area contributed by atoms with Gasteiger partial charge in [-0.3, -0.25) is 9.10 Å². The van der Waals surface area contributed by atoms with Crippen molar-refractivity contribution in [3.05, 3.63) is 77.7 Å². The van der Waals surface area contributed by atoms with E-state index in [1.807, 2.05) is 25.1 Å². The molecular formula is C23H26N2O4S2. The number of hydrogen-bond acceptors (Lipinski definition) is 5. The van der Waals surface area contributed by atoms with Crippen LogP contribution in [0.4, 0.5) is 5.69 Å². The molecule has 164 valence electrons. The zero-order valence-corrected chi connectivity index (χ0v) is 19.2. The van der Waals surface area contributed by atoms with Crippen LogP contribution < -0.4 is 14.4 Å². The van der Waals surface area contributed by atoms with E-state index in [0.717, 1.165) is 12.8 Å². The lowest BCUT2D eigenvalue weighted by molar-refractivity contribution is -0.123. The molecule has 31 heavy (non-hydrogen) atoms. The minimum atomic E-state index is -3.58. The van der Waals surface area contributed by atoms with Crippen LogP contribution >= 0.6 is 11.3 Å². The number of rotatable bonds is 10. The quantitative estimate of drug-likeness (QED) is 0.497. The molecule has 3 rings (SSSR count). The molecule has 0 bridgehead atoms. The Bertz CT molecular complexity index is 1070. The minimum Gasteiger partial charge on any atom is -0.484 e. The Labute approximate surface area is 187 Å². The Kier molecular flexibility index (Phi) is 7.70. The highest BCUT2D eigenvalue weighted by molar-refractivity contribution is 7.94. The molecule has 0 unspecified atom stereocenters. The van der Waals surface area contributed by atoms with Gasteiger partial charge in [0, 0.05) is 13.1 Å². The lowest BCUT2D eigenvalue weighted by Crippen LogP contribution is -2.36. The summed E-state index contributed by atoms with van der Waals surface area (Å²) in [5, 5.41) is 4.66. The molecule has 0 saturated carbocycles. The summed E-state index contributed by atoms with van der Waals surface area (Å²) < 4.78 is 32.2. The maximum absolute atomic E-state index is 12.6. The average Bonchev–Trinajstić information content (AvgIpc) is 3.33. The number of nitrogens with one attached hydrogen (secondary N) is 1. The van der Waals surface area contributed by atoms with Crippen molar-refractivity contribution in [3.63, 3.8) is 0 Å². The topological polar surface area (TPSA) is 75.7 Å². The molecule has 0 aliphatic heterocycles. The second-order valence-corrected chi connectivity index (χ2v) is 10.3. The average molecular weight is 459 g/mol. The number of nitrogens with zero attached hydrogens (tertiary/aromatic N) is 1. The number of amides is 1. The van der Waals surface area contributed by atoms with Gasteiger partial charge in [0.15, 0.2) is 6.61 Å². The Morgan fingerprint density at radius 1 is 1.06 bits per heavy atom. The third-order valence-corrected chi connectivity index (χ3v) is 7.95. The highest BCUT2D eigenvalue weighted by Gasteiger charge is 2.22. The number of aryl methyl sites for hydroxylation is 1. The zero-order valence-electron chi connectivity index (χ0n) is 17.5. The smallest absolute Gasteiger partial charge is 0.273 e. The molecular weight excluding hydrogens is 432 g/mol. The second kappa shape index (κ2) is 10.5. The van der Waals surface area contributed by atoms with Crippen molar-refractivity contribution in [2.75, 3.05) is 18.0 Å². The summed E-state index contributed by atoms with van der Waals surface area (Å²) >= 11 is 1.18. The van der Waals surface area contributed by atoms with Crippen LogP contribution in [0.15, 0.2) is 76.3 Å². The van der Waals surface area contributed by atoms with Crippen molar-refractivity contribution >= 4 is 33.0 Å². The van der Waals surface area contributed by atoms with Crippen LogP contribution in [0.5, 0.6) is 5.75 Å². The summed E-state index contributed by atoms with van der Waals surface area (Å²) in [6.07, 6.45) is 1.74. The monoisotopic (exact) mass is 458 g/mol. The van der Waals surface area contributed by atoms with Gasteiger partial charge in [-0.15, -0.1) is 11.3 Å². The van der Waals surface area contributed by atoms with Gasteiger partial charge in [0.25, 0.3) is 15.9 Å². The SMILES string of the molecule is C[C@H](CCc1ccccc1)NC(=O)COc1ccc(N(C)S(=O)(=O)c2cccs2)cc1. The van der Waals surface area contributed by atoms with E-state index in [0.29, 0.717) is 11.4 Å². The fourth-order valence-electron chi connectivity index (χ4n) is 3.00. The molecule has 0 radical (unpaired) electrons. The lowest BCUT2D eigenvalue weighted by Gasteiger charge is -2.19. The number of thiophene rings is 1. The van der Waals surface area contributed by atoms with Crippen molar-refractivity contribution in [2.45, 2.75) is 30.0 Å². The Hall–Kier alpha value is -2.84. The van der Waals surface area contributed by atoms with E-state index in [-0.39, 0.29) is 22.8 Å². The maximum Gasteiger partial charge on any atom is 0.273 e. The standard InChI is InChI=1S/C23H26N2O4S2/c1-18(10-11-19-7-4-3-5-8-19)24-22(26)17-29-21-14-12-20(13-15-21)25(2)31(27,28)23-9-6-16-30-23/h3-9,12-16,18H,10-11,17H2,1-2H3,(H,24,26)/t18-/m1/s1. The zero-order chi connectivity index (χ0) is 22.3. The van der Waals surface area contributed by atoms with E-state index < -0.39 is 10.0 Å². The first-order chi connectivity index (χ1) is 14.9. The van der Waals surface area contributed by atoms with Crippen molar-refractivity contribution in [3.8, 4) is 5.75 Å². The van der Waals surface area contributed by atoms with Gasteiger partial charge in [0.1, 0.15) is 9.96 Å². The second-order valence-electron chi connectivity index (χ2n) is 7.18. The van der Waals surface area contributed by atoms with Gasteiger partial charge in [-0.05, 0) is 61.0 Å². The van der Waals surface area contributed by atoms with Crippen LogP contribution in [0.25, 0.3) is 0 Å². The first kappa shape index (κ1) is 22.8. The molecule has 0 fully saturated rings. The van der Waals surface area contributed by atoms with Crippen LogP contribution in [0, 0.1) is 0 Å². The summed E-state index contributed by atoms with van der Waals surface area (Å²) in [7, 11) is -2.07. The molecule has 1 aromatic heterocycles. The van der Waals surface area contributed by atoms with Crippen LogP contribution in [0.2, 0.25) is 0 Å². The first-order valence-corrected chi connectivity index (χ1v) is 12.3. The van der Waals surface area contributed by atoms with Gasteiger partial charge in [-0.2, -0.15) is 0 Å². The lowest BCUT2D eigenvalue weighted by atomic mass is 10.1. The molecule has 0 spiro atoms. The number of anilines is 1. The highest BCUT2D eigenvalue weighted by atomic mass is 32.2. The van der Waals surface area contributed by atoms with E-state index in [9.17, 15) is 13.2 Å². The number of benzene rings is 2. The maximum atomic E-state index is 12.6. The Morgan fingerprint density at radius 3 is 2.42 bits per heavy atom. The molecule has 6 nitrogen and oxygen atoms in total. The van der Waals surface area contributed by atoms with E-state index in [1.165, 1.54) is 28.3 Å². The third-order valence-electron chi connectivity index (χ3n) is 4.80. The molecule has 8 heteroatoms. The van der Waals surface area contributed by atoms with Crippen molar-refractivity contribution < 1.29 is 17.9 Å². The van der Waals surface area contributed by atoms with Crippen LogP contribution in [0.1, 0.15) is 18.9 Å². The molecule has 0 saturated heterocycles. The van der Waals surface area contributed by atoms with Crippen LogP contribution in [-0.2, 0) is 21.2 Å². The largest absolute Gasteiger partial charge is 0.484 e. The summed E-state index contributed by atoms with van der Waals surface area (Å²) in [4.78, 5) is 12.2. The molecule has 0 aliphatic carbocycles. The molecule has 3 aromatic rings. The minimum absolute atomic E-state index is 0.0368. The van der Waals surface area contributed by atoms with E-state index in [1.54, 1.807) is 41.8 Å². The van der Waals surface area contributed by atoms with Gasteiger partial charge in [0.2, 0.25) is 0 Å². The third kappa shape index (κ3) is 6.32. The van der Waals surface area contributed by atoms with Gasteiger partial charge in [-0.25, -0.2) is 8.42 Å². The first-order valence-electron chi connectivity index (χ1n) is 9.95. The van der Waals surface area contributed by atoms with Gasteiger partial charge >= 0.3 is 0 Å². The molecule has 1 atom stereocenters. The fourth-order valence-corrected chi connectivity index (χ4v) is 5.36. The number of carbonyl (C=O) groups is 1. The number of hydrogen-bond donors (Lipinski definition) is 1. The number of carbonyl (C=O) groups excluding carboxylic acids is 1. The molecule has 1 heterocycles. The van der Waals surface area contributed by atoms with Crippen molar-refractivity contribution in [2.24, 2.45) is 0 Å². The summed E-state index contributed by atoms with van der Waals surface area (Å²) in [5.41, 5.74) is 1.76. The molecule has 2 aromatic carbocycles. The highest BCUT2D eigenvalue weighted by Crippen LogP contribution is 2.26. The van der Waals surface area contributed by atoms with Gasteiger partial charge in [-0.1, -0.05) is 36.4 Å². The van der Waals surface area contributed by atoms with Gasteiger partial charge in [0.05, 0.1) is 5.69 Å². The van der Waals surface area contributed by atoms with Crippen molar-refractivity contribution in [1.29, 1.82) is 0 Å². The summed E-state index contributed by atoms with van der Waals surface area (Å²) in [6.45, 7) is 1.87. The molecule has 0 aliphatic rings. The predicted molar refractivity (Wildman–Crippen MR) is 124 cm³/mol. The van der Waals surface area contributed by atoms with Gasteiger partial charge < -0.3 is 10.1 Å². The normalized spacial score (nSPS) is 12.2. The van der Waals surface area contributed by atoms with E-state index >= 15 is 0 Å². The Morgan fingerprint density at radius 2 is 1.77 bits per heavy atom.